The van der Waals surface area contributed by atoms with E-state index >= 15 is 0 Å². The molecule has 6 heterocycles. The molecule has 1 saturated heterocycles. The minimum Gasteiger partial charge on any atom is -0.503 e. The number of pyridine rings is 1. The molecule has 0 aliphatic carbocycles. The van der Waals surface area contributed by atoms with Crippen molar-refractivity contribution in [2.45, 2.75) is 42.8 Å². The SMILES string of the molecule is Cc1cc(SCC2=C(C(=O)O)N3C(=O)[C@@H](NC(=O)C(=NOC(C)(C)C(=O)NNC(=O)c4cc(=O)c(O)c[nH]4)c4csc(N)n4)[C@H]3SC2)n2nc(C(N)=O)nc2n1. The van der Waals surface area contributed by atoms with E-state index in [0.717, 1.165) is 28.5 Å². The van der Waals surface area contributed by atoms with Gasteiger partial charge in [0.2, 0.25) is 16.9 Å². The Morgan fingerprint density at radius 3 is 2.57 bits per heavy atom. The van der Waals surface area contributed by atoms with Crippen molar-refractivity contribution in [3.05, 3.63) is 68.1 Å². The minimum atomic E-state index is -1.85. The number of carbonyl (C=O) groups is 6. The number of thiazole rings is 1. The lowest BCUT2D eigenvalue weighted by molar-refractivity contribution is -0.150. The van der Waals surface area contributed by atoms with Gasteiger partial charge in [0.1, 0.15) is 33.5 Å². The molecule has 26 heteroatoms. The maximum absolute atomic E-state index is 13.6. The number of aromatic amines is 1. The average Bonchev–Trinajstić information content (AvgIpc) is 3.78. The maximum atomic E-state index is 13.6. The van der Waals surface area contributed by atoms with E-state index in [-0.39, 0.29) is 45.3 Å². The number of primary amides is 1. The number of aromatic nitrogens is 6. The first-order valence-corrected chi connectivity index (χ1v) is 18.7. The van der Waals surface area contributed by atoms with Crippen molar-refractivity contribution in [1.29, 1.82) is 0 Å². The highest BCUT2D eigenvalue weighted by Gasteiger charge is 2.54. The van der Waals surface area contributed by atoms with Gasteiger partial charge in [-0.3, -0.25) is 44.5 Å². The fraction of sp³-hybridized carbons (Fsp3) is 0.267. The number of aliphatic carboxylic acids is 1. The minimum absolute atomic E-state index is 0.0580. The molecule has 1 fully saturated rings. The summed E-state index contributed by atoms with van der Waals surface area (Å²) in [6, 6.07) is 1.29. The van der Waals surface area contributed by atoms with Crippen LogP contribution in [0.2, 0.25) is 0 Å². The summed E-state index contributed by atoms with van der Waals surface area (Å²) < 4.78 is 1.31. The molecule has 0 aromatic carbocycles. The summed E-state index contributed by atoms with van der Waals surface area (Å²) in [4.78, 5) is 109. The van der Waals surface area contributed by atoms with Gasteiger partial charge in [-0.2, -0.15) is 9.50 Å². The molecule has 0 bridgehead atoms. The molecular weight excluding hydrogens is 799 g/mol. The molecule has 6 rings (SSSR count). The van der Waals surface area contributed by atoms with E-state index in [0.29, 0.717) is 16.3 Å². The number of carboxylic acid groups (broad SMARTS) is 1. The summed E-state index contributed by atoms with van der Waals surface area (Å²) in [6.45, 7) is 4.22. The Labute approximate surface area is 325 Å². The molecule has 0 spiro atoms. The second kappa shape index (κ2) is 15.3. The van der Waals surface area contributed by atoms with Gasteiger partial charge in [0, 0.05) is 34.8 Å². The Morgan fingerprint density at radius 2 is 1.91 bits per heavy atom. The van der Waals surface area contributed by atoms with Gasteiger partial charge in [0.25, 0.3) is 35.3 Å². The molecule has 10 N–H and O–H groups in total. The molecule has 2 aliphatic heterocycles. The second-order valence-corrected chi connectivity index (χ2v) is 15.3. The number of H-pyrrole nitrogens is 1. The number of aromatic hydroxyl groups is 1. The van der Waals surface area contributed by atoms with Crippen LogP contribution in [-0.2, 0) is 24.0 Å². The number of nitrogens with zero attached hydrogens (tertiary/aromatic N) is 7. The topological polar surface area (TPSA) is 345 Å². The van der Waals surface area contributed by atoms with Crippen LogP contribution >= 0.6 is 34.9 Å². The van der Waals surface area contributed by atoms with E-state index in [1.807, 2.05) is 0 Å². The molecule has 4 aromatic rings. The number of nitrogen functional groups attached to an aromatic ring is 1. The average molecular weight is 828 g/mol. The Kier molecular flexibility index (Phi) is 10.7. The number of nitrogens with one attached hydrogen (secondary N) is 4. The zero-order chi connectivity index (χ0) is 40.6. The first kappa shape index (κ1) is 39.2. The van der Waals surface area contributed by atoms with Crippen LogP contribution in [0.4, 0.5) is 5.13 Å². The number of hydrogen-bond donors (Lipinski definition) is 8. The van der Waals surface area contributed by atoms with Crippen LogP contribution in [0.25, 0.3) is 5.78 Å². The Hall–Kier alpha value is -6.54. The third kappa shape index (κ3) is 7.82. The van der Waals surface area contributed by atoms with E-state index in [1.165, 1.54) is 47.3 Å². The zero-order valence-corrected chi connectivity index (χ0v) is 31.5. The van der Waals surface area contributed by atoms with Crippen LogP contribution < -0.4 is 33.1 Å². The summed E-state index contributed by atoms with van der Waals surface area (Å²) in [5.74, 6) is -6.23. The van der Waals surface area contributed by atoms with Gasteiger partial charge in [-0.25, -0.2) is 14.8 Å². The van der Waals surface area contributed by atoms with Crippen molar-refractivity contribution in [3.8, 4) is 5.75 Å². The van der Waals surface area contributed by atoms with Gasteiger partial charge >= 0.3 is 5.97 Å². The first-order chi connectivity index (χ1) is 26.4. The quantitative estimate of drug-likeness (QED) is 0.0264. The molecule has 2 aliphatic rings. The number of rotatable bonds is 12. The monoisotopic (exact) mass is 827 g/mol. The number of nitrogens with two attached hydrogens (primary N) is 2. The van der Waals surface area contributed by atoms with E-state index in [9.17, 15) is 43.8 Å². The van der Waals surface area contributed by atoms with Crippen LogP contribution in [0.15, 0.2) is 50.0 Å². The van der Waals surface area contributed by atoms with Crippen molar-refractivity contribution >= 4 is 87.0 Å². The molecule has 4 aromatic heterocycles. The zero-order valence-electron chi connectivity index (χ0n) is 29.0. The van der Waals surface area contributed by atoms with Crippen molar-refractivity contribution in [2.24, 2.45) is 10.9 Å². The molecule has 56 heavy (non-hydrogen) atoms. The van der Waals surface area contributed by atoms with Gasteiger partial charge in [-0.05, 0) is 32.4 Å². The van der Waals surface area contributed by atoms with Gasteiger partial charge in [-0.1, -0.05) is 5.16 Å². The lowest BCUT2D eigenvalue weighted by Gasteiger charge is -2.49. The molecular formula is C30H29N13O10S3. The summed E-state index contributed by atoms with van der Waals surface area (Å²) in [5, 5.41) is 31.2. The third-order valence-corrected chi connectivity index (χ3v) is 11.0. The molecule has 2 atom stereocenters. The molecule has 0 unspecified atom stereocenters. The Bertz CT molecular complexity index is 2460. The standard InChI is InChI=1S/C30H29N13O10S3/c1-10-4-16(43-29(34-10)37-21(40-43)20(31)46)54-7-11-8-55-25-18(24(49)42(25)19(11)26(50)51)36-23(48)17(13-9-56-28(32)35-13)41-53-30(2,3)27(52)39-38-22(47)12-5-14(44)15(45)6-33-12/h4-6,9,18,25,45H,7-8H2,1-3H3,(H2,31,46)(H2,32,35)(H,33,44)(H,36,48)(H,38,47)(H,39,52)(H,50,51)/t18-,25-/m1/s1. The summed E-state index contributed by atoms with van der Waals surface area (Å²) >= 11 is 3.36. The Morgan fingerprint density at radius 1 is 1.16 bits per heavy atom. The number of fused-ring (bicyclic) bond motifs is 2. The van der Waals surface area contributed by atoms with Crippen molar-refractivity contribution in [3.63, 3.8) is 0 Å². The maximum Gasteiger partial charge on any atom is 0.352 e. The van der Waals surface area contributed by atoms with Crippen molar-refractivity contribution in [2.75, 3.05) is 17.2 Å². The number of carbonyl (C=O) groups excluding carboxylic acids is 5. The fourth-order valence-corrected chi connectivity index (χ4v) is 8.14. The van der Waals surface area contributed by atoms with E-state index in [1.54, 1.807) is 13.0 Å². The third-order valence-electron chi connectivity index (χ3n) is 7.88. The Balaban J connectivity index is 1.15. The first-order valence-electron chi connectivity index (χ1n) is 15.8. The lowest BCUT2D eigenvalue weighted by Crippen LogP contribution is -2.71. The molecule has 0 saturated carbocycles. The second-order valence-electron chi connectivity index (χ2n) is 12.3. The van der Waals surface area contributed by atoms with Crippen LogP contribution in [0, 0.1) is 6.92 Å². The predicted octanol–water partition coefficient (Wildman–Crippen LogP) is -1.54. The number of amides is 5. The van der Waals surface area contributed by atoms with E-state index in [2.05, 4.69) is 46.4 Å². The number of aryl methyl sites for hydroxylation is 1. The summed E-state index contributed by atoms with van der Waals surface area (Å²) in [6.07, 6.45) is 0.895. The van der Waals surface area contributed by atoms with Gasteiger partial charge in [0.05, 0.1) is 0 Å². The van der Waals surface area contributed by atoms with Gasteiger partial charge in [0.15, 0.2) is 16.6 Å². The van der Waals surface area contributed by atoms with Crippen LogP contribution in [0.5, 0.6) is 5.75 Å². The highest BCUT2D eigenvalue weighted by atomic mass is 32.2. The number of hydrazine groups is 1. The van der Waals surface area contributed by atoms with Crippen LogP contribution in [0.3, 0.4) is 0 Å². The number of hydrogen-bond acceptors (Lipinski definition) is 18. The summed E-state index contributed by atoms with van der Waals surface area (Å²) in [5.41, 5.74) is 12.5. The van der Waals surface area contributed by atoms with Crippen molar-refractivity contribution in [1.82, 2.24) is 50.6 Å². The number of β-lactam (4-membered cyclic amide) rings is 1. The lowest BCUT2D eigenvalue weighted by atomic mass is 10.0. The van der Waals surface area contributed by atoms with E-state index < -0.39 is 69.4 Å². The molecule has 23 nitrogen and oxygen atoms in total. The predicted molar refractivity (Wildman–Crippen MR) is 197 cm³/mol. The van der Waals surface area contributed by atoms with Crippen LogP contribution in [-0.4, -0.2) is 114 Å². The van der Waals surface area contributed by atoms with Crippen molar-refractivity contribution < 1.29 is 43.8 Å². The van der Waals surface area contributed by atoms with Crippen LogP contribution in [0.1, 0.15) is 46.3 Å². The number of thioether (sulfide) groups is 2. The smallest absolute Gasteiger partial charge is 0.352 e. The summed E-state index contributed by atoms with van der Waals surface area (Å²) in [7, 11) is 0. The largest absolute Gasteiger partial charge is 0.503 e. The number of carboxylic acids is 1. The highest BCUT2D eigenvalue weighted by Crippen LogP contribution is 2.41. The van der Waals surface area contributed by atoms with E-state index in [4.69, 9.17) is 16.3 Å². The molecule has 5 amide bonds. The van der Waals surface area contributed by atoms with Gasteiger partial charge in [-0.15, -0.1) is 40.0 Å². The molecule has 292 valence electrons. The number of anilines is 1. The molecule has 0 radical (unpaired) electrons. The normalized spacial score (nSPS) is 16.9. The van der Waals surface area contributed by atoms with Gasteiger partial charge < -0.3 is 36.8 Å². The highest BCUT2D eigenvalue weighted by molar-refractivity contribution is 8.01. The fourth-order valence-electron chi connectivity index (χ4n) is 5.05. The number of oxime groups is 1.